The lowest BCUT2D eigenvalue weighted by atomic mass is 10.1. The van der Waals surface area contributed by atoms with Gasteiger partial charge in [0, 0.05) is 18.0 Å². The van der Waals surface area contributed by atoms with Crippen LogP contribution in [-0.4, -0.2) is 16.1 Å². The van der Waals surface area contributed by atoms with Gasteiger partial charge in [0.2, 0.25) is 0 Å². The second-order valence-corrected chi connectivity index (χ2v) is 4.75. The summed E-state index contributed by atoms with van der Waals surface area (Å²) in [6, 6.07) is 3.78. The standard InChI is InChI=1S/C12H16N2O2S/c1-9(13-6-10-7-17-8-14-10)5-11(15)12-3-2-4-16-12/h2-4,7-9,11,13,15H,5-6H2,1H3. The van der Waals surface area contributed by atoms with Crippen molar-refractivity contribution in [2.45, 2.75) is 32.0 Å². The van der Waals surface area contributed by atoms with E-state index in [4.69, 9.17) is 4.42 Å². The first kappa shape index (κ1) is 12.3. The van der Waals surface area contributed by atoms with Crippen LogP contribution < -0.4 is 5.32 Å². The molecule has 2 rings (SSSR count). The molecular weight excluding hydrogens is 236 g/mol. The Morgan fingerprint density at radius 3 is 3.12 bits per heavy atom. The molecule has 2 atom stereocenters. The summed E-state index contributed by atoms with van der Waals surface area (Å²) in [4.78, 5) is 4.19. The van der Waals surface area contributed by atoms with Crippen LogP contribution in [0.4, 0.5) is 0 Å². The third-order valence-corrected chi connectivity index (χ3v) is 3.20. The summed E-state index contributed by atoms with van der Waals surface area (Å²) in [6.45, 7) is 2.77. The van der Waals surface area contributed by atoms with Crippen LogP contribution in [0.3, 0.4) is 0 Å². The number of aliphatic hydroxyl groups excluding tert-OH is 1. The predicted molar refractivity (Wildman–Crippen MR) is 66.7 cm³/mol. The van der Waals surface area contributed by atoms with Gasteiger partial charge in [-0.2, -0.15) is 0 Å². The van der Waals surface area contributed by atoms with Gasteiger partial charge in [0.05, 0.1) is 17.5 Å². The third kappa shape index (κ3) is 3.66. The largest absolute Gasteiger partial charge is 0.467 e. The summed E-state index contributed by atoms with van der Waals surface area (Å²) in [6.07, 6.45) is 1.65. The van der Waals surface area contributed by atoms with Crippen LogP contribution in [0.15, 0.2) is 33.7 Å². The van der Waals surface area contributed by atoms with E-state index in [2.05, 4.69) is 10.3 Å². The number of rotatable bonds is 6. The summed E-state index contributed by atoms with van der Waals surface area (Å²) >= 11 is 1.59. The Kier molecular flexibility index (Phi) is 4.30. The molecular formula is C12H16N2O2S. The van der Waals surface area contributed by atoms with Gasteiger partial charge in [-0.1, -0.05) is 0 Å². The molecule has 2 aromatic rings. The molecule has 0 radical (unpaired) electrons. The lowest BCUT2D eigenvalue weighted by Gasteiger charge is -2.15. The number of aromatic nitrogens is 1. The molecule has 0 spiro atoms. The first-order valence-electron chi connectivity index (χ1n) is 5.57. The van der Waals surface area contributed by atoms with E-state index in [1.54, 1.807) is 29.7 Å². The maximum absolute atomic E-state index is 9.89. The molecule has 0 aromatic carbocycles. The quantitative estimate of drug-likeness (QED) is 0.828. The molecule has 2 unspecified atom stereocenters. The predicted octanol–water partition coefficient (Wildman–Crippen LogP) is 2.34. The minimum absolute atomic E-state index is 0.205. The number of aliphatic hydroxyl groups is 1. The molecule has 0 amide bonds. The van der Waals surface area contributed by atoms with E-state index in [1.807, 2.05) is 17.8 Å². The molecule has 0 aliphatic rings. The van der Waals surface area contributed by atoms with Crippen molar-refractivity contribution in [3.63, 3.8) is 0 Å². The fraction of sp³-hybridized carbons (Fsp3) is 0.417. The SMILES string of the molecule is CC(CC(O)c1ccco1)NCc1cscn1. The number of hydrogen-bond acceptors (Lipinski definition) is 5. The Balaban J connectivity index is 1.75. The highest BCUT2D eigenvalue weighted by Gasteiger charge is 2.14. The van der Waals surface area contributed by atoms with Crippen LogP contribution in [0, 0.1) is 0 Å². The molecule has 0 aliphatic heterocycles. The van der Waals surface area contributed by atoms with Gasteiger partial charge < -0.3 is 14.8 Å². The number of thiazole rings is 1. The van der Waals surface area contributed by atoms with E-state index in [1.165, 1.54) is 0 Å². The molecule has 5 heteroatoms. The highest BCUT2D eigenvalue weighted by atomic mass is 32.1. The van der Waals surface area contributed by atoms with Crippen molar-refractivity contribution in [2.75, 3.05) is 0 Å². The highest BCUT2D eigenvalue weighted by Crippen LogP contribution is 2.18. The summed E-state index contributed by atoms with van der Waals surface area (Å²) in [5, 5.41) is 15.2. The topological polar surface area (TPSA) is 58.3 Å². The van der Waals surface area contributed by atoms with Gasteiger partial charge in [-0.25, -0.2) is 4.98 Å². The van der Waals surface area contributed by atoms with Crippen LogP contribution in [0.1, 0.15) is 30.9 Å². The fourth-order valence-corrected chi connectivity index (χ4v) is 2.18. The first-order valence-corrected chi connectivity index (χ1v) is 6.52. The molecule has 0 aliphatic carbocycles. The normalized spacial score (nSPS) is 14.7. The van der Waals surface area contributed by atoms with Crippen molar-refractivity contribution in [1.29, 1.82) is 0 Å². The van der Waals surface area contributed by atoms with Crippen LogP contribution in [0.5, 0.6) is 0 Å². The Hall–Kier alpha value is -1.17. The lowest BCUT2D eigenvalue weighted by Crippen LogP contribution is -2.27. The van der Waals surface area contributed by atoms with Crippen LogP contribution >= 0.6 is 11.3 Å². The molecule has 2 N–H and O–H groups in total. The number of furan rings is 1. The van der Waals surface area contributed by atoms with Gasteiger partial charge in [-0.15, -0.1) is 11.3 Å². The van der Waals surface area contributed by atoms with E-state index >= 15 is 0 Å². The summed E-state index contributed by atoms with van der Waals surface area (Å²) in [5.41, 5.74) is 2.86. The molecule has 17 heavy (non-hydrogen) atoms. The second kappa shape index (κ2) is 5.95. The van der Waals surface area contributed by atoms with Gasteiger partial charge in [-0.05, 0) is 25.5 Å². The minimum atomic E-state index is -0.553. The first-order chi connectivity index (χ1) is 8.25. The maximum atomic E-state index is 9.89. The van der Waals surface area contributed by atoms with Gasteiger partial charge in [-0.3, -0.25) is 0 Å². The van der Waals surface area contributed by atoms with Crippen LogP contribution in [-0.2, 0) is 6.54 Å². The molecule has 0 saturated carbocycles. The average molecular weight is 252 g/mol. The number of nitrogens with zero attached hydrogens (tertiary/aromatic N) is 1. The van der Waals surface area contributed by atoms with E-state index in [0.29, 0.717) is 12.2 Å². The Morgan fingerprint density at radius 1 is 1.59 bits per heavy atom. The molecule has 0 bridgehead atoms. The van der Waals surface area contributed by atoms with Crippen LogP contribution in [0.2, 0.25) is 0 Å². The Labute approximate surface area is 104 Å². The molecule has 2 aromatic heterocycles. The van der Waals surface area contributed by atoms with Crippen molar-refractivity contribution >= 4 is 11.3 Å². The summed E-state index contributed by atoms with van der Waals surface area (Å²) in [5.74, 6) is 0.618. The molecule has 92 valence electrons. The molecule has 0 saturated heterocycles. The maximum Gasteiger partial charge on any atom is 0.132 e. The zero-order valence-electron chi connectivity index (χ0n) is 9.67. The number of nitrogens with one attached hydrogen (secondary N) is 1. The van der Waals surface area contributed by atoms with Gasteiger partial charge in [0.25, 0.3) is 0 Å². The van der Waals surface area contributed by atoms with Crippen molar-refractivity contribution in [3.05, 3.63) is 40.7 Å². The Morgan fingerprint density at radius 2 is 2.47 bits per heavy atom. The average Bonchev–Trinajstić information content (AvgIpc) is 2.99. The van der Waals surface area contributed by atoms with Crippen molar-refractivity contribution < 1.29 is 9.52 Å². The summed E-state index contributed by atoms with van der Waals surface area (Å²) < 4.78 is 5.16. The van der Waals surface area contributed by atoms with Crippen molar-refractivity contribution in [2.24, 2.45) is 0 Å². The zero-order chi connectivity index (χ0) is 12.1. The second-order valence-electron chi connectivity index (χ2n) is 4.03. The highest BCUT2D eigenvalue weighted by molar-refractivity contribution is 7.07. The van der Waals surface area contributed by atoms with E-state index in [0.717, 1.165) is 12.2 Å². The zero-order valence-corrected chi connectivity index (χ0v) is 10.5. The van der Waals surface area contributed by atoms with E-state index < -0.39 is 6.10 Å². The van der Waals surface area contributed by atoms with Crippen molar-refractivity contribution in [3.8, 4) is 0 Å². The van der Waals surface area contributed by atoms with Crippen LogP contribution in [0.25, 0.3) is 0 Å². The lowest BCUT2D eigenvalue weighted by molar-refractivity contribution is 0.128. The Bertz CT molecular complexity index is 414. The van der Waals surface area contributed by atoms with Gasteiger partial charge in [0.1, 0.15) is 11.9 Å². The molecule has 4 nitrogen and oxygen atoms in total. The monoisotopic (exact) mass is 252 g/mol. The fourth-order valence-electron chi connectivity index (χ4n) is 1.62. The van der Waals surface area contributed by atoms with Crippen molar-refractivity contribution in [1.82, 2.24) is 10.3 Å². The van der Waals surface area contributed by atoms with E-state index in [-0.39, 0.29) is 6.04 Å². The third-order valence-electron chi connectivity index (χ3n) is 2.56. The smallest absolute Gasteiger partial charge is 0.132 e. The number of hydrogen-bond donors (Lipinski definition) is 2. The van der Waals surface area contributed by atoms with E-state index in [9.17, 15) is 5.11 Å². The minimum Gasteiger partial charge on any atom is -0.467 e. The van der Waals surface area contributed by atoms with Gasteiger partial charge in [0.15, 0.2) is 0 Å². The molecule has 2 heterocycles. The van der Waals surface area contributed by atoms with Gasteiger partial charge >= 0.3 is 0 Å². The molecule has 0 fully saturated rings. The summed E-state index contributed by atoms with van der Waals surface area (Å²) in [7, 11) is 0.